The molecule has 1 amide bonds. The first-order chi connectivity index (χ1) is 16.0. The minimum absolute atomic E-state index is 0.234. The number of ether oxygens (including phenoxy) is 1. The highest BCUT2D eigenvalue weighted by atomic mass is 32.2. The molecule has 0 aliphatic carbocycles. The zero-order valence-electron chi connectivity index (χ0n) is 18.1. The predicted octanol–water partition coefficient (Wildman–Crippen LogP) is 3.05. The van der Waals surface area contributed by atoms with Crippen molar-refractivity contribution in [2.45, 2.75) is 24.4 Å². The third-order valence-corrected chi connectivity index (χ3v) is 6.96. The molecule has 170 valence electrons. The number of carbonyl (C=O) groups excluding carboxylic acids is 1. The lowest BCUT2D eigenvalue weighted by atomic mass is 10.2. The maximum absolute atomic E-state index is 13.3. The lowest BCUT2D eigenvalue weighted by Crippen LogP contribution is -2.41. The van der Waals surface area contributed by atoms with Gasteiger partial charge >= 0.3 is 5.69 Å². The van der Waals surface area contributed by atoms with Gasteiger partial charge in [0.2, 0.25) is 5.91 Å². The largest absolute Gasteiger partial charge is 0.497 e. The molecule has 2 aromatic carbocycles. The first kappa shape index (κ1) is 22.8. The van der Waals surface area contributed by atoms with Crippen molar-refractivity contribution < 1.29 is 9.53 Å². The normalized spacial score (nSPS) is 11.0. The quantitative estimate of drug-likeness (QED) is 0.388. The highest BCUT2D eigenvalue weighted by molar-refractivity contribution is 8.01. The van der Waals surface area contributed by atoms with E-state index in [4.69, 9.17) is 4.74 Å². The summed E-state index contributed by atoms with van der Waals surface area (Å²) < 4.78 is 8.53. The fraction of sp³-hybridized carbons (Fsp3) is 0.217. The predicted molar refractivity (Wildman–Crippen MR) is 131 cm³/mol. The van der Waals surface area contributed by atoms with Crippen LogP contribution >= 0.6 is 23.1 Å². The van der Waals surface area contributed by atoms with Crippen molar-refractivity contribution in [1.29, 1.82) is 0 Å². The zero-order chi connectivity index (χ0) is 23.4. The van der Waals surface area contributed by atoms with E-state index in [1.54, 1.807) is 37.4 Å². The number of benzene rings is 2. The van der Waals surface area contributed by atoms with E-state index in [1.165, 1.54) is 27.7 Å². The number of thioether (sulfide) groups is 1. The van der Waals surface area contributed by atoms with Crippen molar-refractivity contribution in [2.75, 3.05) is 12.9 Å². The molecule has 0 aliphatic heterocycles. The van der Waals surface area contributed by atoms with Gasteiger partial charge in [0.1, 0.15) is 17.0 Å². The Labute approximate surface area is 197 Å². The lowest BCUT2D eigenvalue weighted by molar-refractivity contribution is -0.121. The summed E-state index contributed by atoms with van der Waals surface area (Å²) >= 11 is 2.72. The van der Waals surface area contributed by atoms with Gasteiger partial charge in [-0.05, 0) is 35.6 Å². The molecule has 0 saturated carbocycles. The number of nitrogens with zero attached hydrogens (tertiary/aromatic N) is 3. The molecule has 8 nitrogen and oxygen atoms in total. The molecule has 4 aromatic rings. The van der Waals surface area contributed by atoms with Gasteiger partial charge in [-0.3, -0.25) is 14.2 Å². The van der Waals surface area contributed by atoms with Crippen LogP contribution in [0, 0.1) is 0 Å². The number of hydrogen-bond acceptors (Lipinski definition) is 7. The monoisotopic (exact) mass is 482 g/mol. The van der Waals surface area contributed by atoms with E-state index < -0.39 is 11.2 Å². The Morgan fingerprint density at radius 1 is 1.12 bits per heavy atom. The maximum atomic E-state index is 13.3. The molecule has 1 N–H and O–H groups in total. The highest BCUT2D eigenvalue weighted by Gasteiger charge is 2.20. The van der Waals surface area contributed by atoms with Crippen molar-refractivity contribution in [2.24, 2.45) is 0 Å². The second-order valence-electron chi connectivity index (χ2n) is 7.04. The number of aromatic nitrogens is 3. The fourth-order valence-corrected chi connectivity index (χ4v) is 5.26. The average molecular weight is 483 g/mol. The SMILES string of the molecule is CCSc1nc2c(s1)c(=O)n(-c1ccccc1)c(=O)n2CC(=O)NCc1ccc(OC)cc1. The molecule has 2 aromatic heterocycles. The van der Waals surface area contributed by atoms with Crippen molar-refractivity contribution in [3.05, 3.63) is 81.0 Å². The van der Waals surface area contributed by atoms with Gasteiger partial charge in [-0.15, -0.1) is 11.3 Å². The fourth-order valence-electron chi connectivity index (χ4n) is 3.29. The first-order valence-electron chi connectivity index (χ1n) is 10.3. The second-order valence-corrected chi connectivity index (χ2v) is 9.55. The van der Waals surface area contributed by atoms with Gasteiger partial charge in [-0.1, -0.05) is 49.0 Å². The van der Waals surface area contributed by atoms with Gasteiger partial charge in [-0.25, -0.2) is 14.3 Å². The van der Waals surface area contributed by atoms with Gasteiger partial charge in [-0.2, -0.15) is 0 Å². The van der Waals surface area contributed by atoms with Gasteiger partial charge in [0.05, 0.1) is 12.8 Å². The molecule has 0 unspecified atom stereocenters. The van der Waals surface area contributed by atoms with Crippen LogP contribution in [0.2, 0.25) is 0 Å². The Hall–Kier alpha value is -3.37. The number of methoxy groups -OCH3 is 1. The Morgan fingerprint density at radius 3 is 2.52 bits per heavy atom. The topological polar surface area (TPSA) is 95.2 Å². The zero-order valence-corrected chi connectivity index (χ0v) is 19.7. The van der Waals surface area contributed by atoms with Crippen LogP contribution in [0.25, 0.3) is 16.0 Å². The molecule has 0 spiro atoms. The molecule has 10 heteroatoms. The molecule has 0 atom stereocenters. The Bertz CT molecular complexity index is 1390. The van der Waals surface area contributed by atoms with Crippen molar-refractivity contribution in [1.82, 2.24) is 19.4 Å². The average Bonchev–Trinajstić information content (AvgIpc) is 3.26. The molecular weight excluding hydrogens is 460 g/mol. The second kappa shape index (κ2) is 10.1. The summed E-state index contributed by atoms with van der Waals surface area (Å²) in [5.41, 5.74) is 0.539. The number of nitrogens with one attached hydrogen (secondary N) is 1. The van der Waals surface area contributed by atoms with E-state index in [2.05, 4.69) is 10.3 Å². The number of rotatable bonds is 8. The maximum Gasteiger partial charge on any atom is 0.337 e. The van der Waals surface area contributed by atoms with Gasteiger partial charge in [0, 0.05) is 6.54 Å². The summed E-state index contributed by atoms with van der Waals surface area (Å²) in [5, 5.41) is 2.83. The summed E-state index contributed by atoms with van der Waals surface area (Å²) in [4.78, 5) is 43.8. The summed E-state index contributed by atoms with van der Waals surface area (Å²) in [6.45, 7) is 2.03. The van der Waals surface area contributed by atoms with Gasteiger partial charge < -0.3 is 10.1 Å². The van der Waals surface area contributed by atoms with Crippen molar-refractivity contribution >= 4 is 39.4 Å². The van der Waals surface area contributed by atoms with E-state index in [1.807, 2.05) is 31.2 Å². The summed E-state index contributed by atoms with van der Waals surface area (Å²) in [5.74, 6) is 1.15. The molecule has 4 rings (SSSR count). The minimum Gasteiger partial charge on any atom is -0.497 e. The molecule has 33 heavy (non-hydrogen) atoms. The van der Waals surface area contributed by atoms with Gasteiger partial charge in [0.15, 0.2) is 9.99 Å². The van der Waals surface area contributed by atoms with E-state index >= 15 is 0 Å². The third kappa shape index (κ3) is 4.86. The Kier molecular flexibility index (Phi) is 6.95. The smallest absolute Gasteiger partial charge is 0.337 e. The Balaban J connectivity index is 1.69. The first-order valence-corrected chi connectivity index (χ1v) is 12.1. The van der Waals surface area contributed by atoms with Crippen molar-refractivity contribution in [3.8, 4) is 11.4 Å². The summed E-state index contributed by atoms with van der Waals surface area (Å²) in [6, 6.07) is 16.0. The summed E-state index contributed by atoms with van der Waals surface area (Å²) in [7, 11) is 1.59. The number of hydrogen-bond donors (Lipinski definition) is 1. The number of carbonyl (C=O) groups is 1. The van der Waals surface area contributed by atoms with Crippen LogP contribution in [-0.4, -0.2) is 32.9 Å². The van der Waals surface area contributed by atoms with Crippen LogP contribution in [0.1, 0.15) is 12.5 Å². The molecular formula is C23H22N4O4S2. The van der Waals surface area contributed by atoms with Crippen LogP contribution < -0.4 is 21.3 Å². The van der Waals surface area contributed by atoms with E-state index in [-0.39, 0.29) is 18.1 Å². The molecule has 2 heterocycles. The Morgan fingerprint density at radius 2 is 1.85 bits per heavy atom. The van der Waals surface area contributed by atoms with E-state index in [0.29, 0.717) is 21.3 Å². The number of para-hydroxylation sites is 1. The third-order valence-electron chi connectivity index (χ3n) is 4.90. The minimum atomic E-state index is -0.600. The molecule has 0 radical (unpaired) electrons. The van der Waals surface area contributed by atoms with Gasteiger partial charge in [0.25, 0.3) is 5.56 Å². The number of amides is 1. The van der Waals surface area contributed by atoms with Crippen LogP contribution in [0.4, 0.5) is 0 Å². The van der Waals surface area contributed by atoms with E-state index in [9.17, 15) is 14.4 Å². The van der Waals surface area contributed by atoms with Crippen LogP contribution in [0.15, 0.2) is 68.5 Å². The highest BCUT2D eigenvalue weighted by Crippen LogP contribution is 2.27. The molecule has 0 saturated heterocycles. The molecule has 0 aliphatic rings. The number of fused-ring (bicyclic) bond motifs is 1. The van der Waals surface area contributed by atoms with Crippen LogP contribution in [0.3, 0.4) is 0 Å². The summed E-state index contributed by atoms with van der Waals surface area (Å²) in [6.07, 6.45) is 0. The lowest BCUT2D eigenvalue weighted by Gasteiger charge is -2.12. The van der Waals surface area contributed by atoms with Crippen molar-refractivity contribution in [3.63, 3.8) is 0 Å². The van der Waals surface area contributed by atoms with E-state index in [0.717, 1.165) is 21.6 Å². The number of thiazole rings is 1. The molecule has 0 fully saturated rings. The van der Waals surface area contributed by atoms with Crippen LogP contribution in [0.5, 0.6) is 5.75 Å². The standard InChI is InChI=1S/C23H22N4O4S2/c1-3-32-22-25-20-19(33-22)21(29)27(16-7-5-4-6-8-16)23(30)26(20)14-18(28)24-13-15-9-11-17(31-2)12-10-15/h4-12H,3,13-14H2,1-2H3,(H,24,28). The van der Waals surface area contributed by atoms with Crippen LogP contribution in [-0.2, 0) is 17.9 Å². The molecule has 0 bridgehead atoms.